The van der Waals surface area contributed by atoms with Crippen LogP contribution in [0.3, 0.4) is 0 Å². The largest absolute Gasteiger partial charge is 0.465 e. The Hall–Kier alpha value is -2.76. The second-order valence-electron chi connectivity index (χ2n) is 6.90. The molecule has 1 aliphatic heterocycles. The molecule has 0 saturated carbocycles. The molecule has 0 spiro atoms. The third-order valence-electron chi connectivity index (χ3n) is 4.90. The van der Waals surface area contributed by atoms with E-state index in [0.717, 1.165) is 45.1 Å². The van der Waals surface area contributed by atoms with E-state index in [4.69, 9.17) is 9.88 Å². The summed E-state index contributed by atoms with van der Waals surface area (Å²) < 4.78 is 27.8. The Morgan fingerprint density at radius 2 is 1.90 bits per heavy atom. The number of sulfonamides is 1. The van der Waals surface area contributed by atoms with E-state index in [9.17, 15) is 13.2 Å². The molecule has 10 nitrogen and oxygen atoms in total. The monoisotopic (exact) mass is 434 g/mol. The van der Waals surface area contributed by atoms with Gasteiger partial charge in [0.15, 0.2) is 0 Å². The average Bonchev–Trinajstić information content (AvgIpc) is 2.76. The van der Waals surface area contributed by atoms with Crippen LogP contribution in [0.5, 0.6) is 0 Å². The van der Waals surface area contributed by atoms with Gasteiger partial charge in [-0.05, 0) is 37.2 Å². The number of nitrogens with one attached hydrogen (secondary N) is 1. The zero-order valence-corrected chi connectivity index (χ0v) is 17.6. The molecule has 0 bridgehead atoms. The molecule has 0 atom stereocenters. The van der Waals surface area contributed by atoms with Crippen molar-refractivity contribution in [2.75, 3.05) is 56.6 Å². The molecule has 0 unspecified atom stereocenters. The Kier molecular flexibility index (Phi) is 7.19. The molecular formula is C19H26N6O4S. The quantitative estimate of drug-likeness (QED) is 0.451. The number of piperazine rings is 1. The van der Waals surface area contributed by atoms with Crippen molar-refractivity contribution in [1.82, 2.24) is 14.9 Å². The number of aromatic nitrogens is 2. The number of primary sulfonamides is 1. The van der Waals surface area contributed by atoms with Gasteiger partial charge in [-0.25, -0.2) is 28.3 Å². The van der Waals surface area contributed by atoms with Gasteiger partial charge in [-0.3, -0.25) is 4.90 Å². The van der Waals surface area contributed by atoms with Crippen molar-refractivity contribution in [2.24, 2.45) is 5.14 Å². The lowest BCUT2D eigenvalue weighted by Crippen LogP contribution is -2.47. The summed E-state index contributed by atoms with van der Waals surface area (Å²) in [6.07, 6.45) is 4.36. The van der Waals surface area contributed by atoms with Crippen molar-refractivity contribution in [2.45, 2.75) is 11.3 Å². The highest BCUT2D eigenvalue weighted by atomic mass is 32.2. The predicted molar refractivity (Wildman–Crippen MR) is 113 cm³/mol. The van der Waals surface area contributed by atoms with Crippen molar-refractivity contribution in [3.05, 3.63) is 42.2 Å². The van der Waals surface area contributed by atoms with Crippen LogP contribution in [0.2, 0.25) is 0 Å². The minimum atomic E-state index is -3.90. The summed E-state index contributed by atoms with van der Waals surface area (Å²) in [5.74, 6) is 0.138. The summed E-state index contributed by atoms with van der Waals surface area (Å²) in [6.45, 7) is 5.13. The van der Waals surface area contributed by atoms with Crippen LogP contribution in [0.1, 0.15) is 16.8 Å². The number of methoxy groups -OCH3 is 1. The first-order valence-corrected chi connectivity index (χ1v) is 11.2. The summed E-state index contributed by atoms with van der Waals surface area (Å²) >= 11 is 0. The van der Waals surface area contributed by atoms with Gasteiger partial charge in [-0.1, -0.05) is 0 Å². The second-order valence-corrected chi connectivity index (χ2v) is 8.46. The highest BCUT2D eigenvalue weighted by Gasteiger charge is 2.19. The predicted octanol–water partition coefficient (Wildman–Crippen LogP) is 0.535. The minimum Gasteiger partial charge on any atom is -0.465 e. The van der Waals surface area contributed by atoms with Crippen molar-refractivity contribution in [3.8, 4) is 0 Å². The summed E-state index contributed by atoms with van der Waals surface area (Å²) in [6, 6.07) is 5.94. The molecule has 3 N–H and O–H groups in total. The van der Waals surface area contributed by atoms with Gasteiger partial charge in [-0.15, -0.1) is 0 Å². The van der Waals surface area contributed by atoms with Crippen molar-refractivity contribution in [3.63, 3.8) is 0 Å². The number of nitrogens with two attached hydrogens (primary N) is 1. The number of esters is 1. The van der Waals surface area contributed by atoms with Crippen molar-refractivity contribution < 1.29 is 17.9 Å². The molecule has 1 aromatic heterocycles. The maximum atomic E-state index is 12.0. The van der Waals surface area contributed by atoms with Gasteiger partial charge >= 0.3 is 5.97 Å². The van der Waals surface area contributed by atoms with Gasteiger partial charge in [0.2, 0.25) is 16.0 Å². The molecule has 0 amide bonds. The van der Waals surface area contributed by atoms with Gasteiger partial charge in [0.05, 0.1) is 17.6 Å². The molecule has 2 aromatic rings. The molecule has 1 aromatic carbocycles. The molecule has 1 fully saturated rings. The number of rotatable bonds is 8. The molecule has 0 aliphatic carbocycles. The Balaban J connectivity index is 1.49. The summed E-state index contributed by atoms with van der Waals surface area (Å²) in [5.41, 5.74) is 0.654. The standard InChI is InChI=1S/C19H26N6O4S/c1-29-18(26)16-14-15(30(20,27)28)4-5-17(16)21-8-3-9-24-10-12-25(13-11-24)19-22-6-2-7-23-19/h2,4-7,14,21H,3,8-13H2,1H3,(H2,20,27,28). The lowest BCUT2D eigenvalue weighted by Gasteiger charge is -2.34. The molecule has 30 heavy (non-hydrogen) atoms. The first-order chi connectivity index (χ1) is 14.4. The molecule has 2 heterocycles. The first-order valence-electron chi connectivity index (χ1n) is 9.62. The Morgan fingerprint density at radius 3 is 2.53 bits per heavy atom. The molecule has 3 rings (SSSR count). The Morgan fingerprint density at radius 1 is 1.20 bits per heavy atom. The first kappa shape index (κ1) is 21.9. The van der Waals surface area contributed by atoms with E-state index >= 15 is 0 Å². The molecule has 1 aliphatic rings. The third kappa shape index (κ3) is 5.65. The third-order valence-corrected chi connectivity index (χ3v) is 5.81. The zero-order valence-electron chi connectivity index (χ0n) is 16.8. The van der Waals surface area contributed by atoms with Gasteiger partial charge in [-0.2, -0.15) is 0 Å². The van der Waals surface area contributed by atoms with Gasteiger partial charge in [0, 0.05) is 50.8 Å². The number of hydrogen-bond donors (Lipinski definition) is 2. The normalized spacial score (nSPS) is 15.1. The number of hydrogen-bond acceptors (Lipinski definition) is 9. The summed E-state index contributed by atoms with van der Waals surface area (Å²) in [5, 5.41) is 8.34. The van der Waals surface area contributed by atoms with E-state index in [2.05, 4.69) is 25.1 Å². The van der Waals surface area contributed by atoms with Crippen LogP contribution in [0.25, 0.3) is 0 Å². The van der Waals surface area contributed by atoms with Crippen molar-refractivity contribution >= 4 is 27.6 Å². The molecule has 1 saturated heterocycles. The number of benzene rings is 1. The average molecular weight is 435 g/mol. The number of carbonyl (C=O) groups is 1. The number of ether oxygens (including phenoxy) is 1. The molecule has 0 radical (unpaired) electrons. The van der Waals surface area contributed by atoms with Crippen LogP contribution < -0.4 is 15.4 Å². The van der Waals surface area contributed by atoms with E-state index in [1.54, 1.807) is 18.5 Å². The second kappa shape index (κ2) is 9.83. The molecule has 11 heteroatoms. The SMILES string of the molecule is COC(=O)c1cc(S(N)(=O)=O)ccc1NCCCN1CCN(c2ncccn2)CC1. The van der Waals surface area contributed by atoms with Gasteiger partial charge in [0.25, 0.3) is 0 Å². The molecule has 162 valence electrons. The van der Waals surface area contributed by atoms with E-state index in [0.29, 0.717) is 12.2 Å². The van der Waals surface area contributed by atoms with E-state index < -0.39 is 16.0 Å². The van der Waals surface area contributed by atoms with Crippen LogP contribution in [-0.2, 0) is 14.8 Å². The van der Waals surface area contributed by atoms with Crippen LogP contribution in [0.15, 0.2) is 41.6 Å². The number of anilines is 2. The Labute approximate surface area is 176 Å². The highest BCUT2D eigenvalue weighted by Crippen LogP contribution is 2.21. The summed E-state index contributed by atoms with van der Waals surface area (Å²) in [4.78, 5) is 25.0. The minimum absolute atomic E-state index is 0.131. The maximum Gasteiger partial charge on any atom is 0.340 e. The van der Waals surface area contributed by atoms with Crippen LogP contribution >= 0.6 is 0 Å². The van der Waals surface area contributed by atoms with E-state index in [-0.39, 0.29) is 10.5 Å². The van der Waals surface area contributed by atoms with E-state index in [1.165, 1.54) is 25.3 Å². The smallest absolute Gasteiger partial charge is 0.340 e. The van der Waals surface area contributed by atoms with Crippen LogP contribution in [-0.4, -0.2) is 75.6 Å². The molecular weight excluding hydrogens is 408 g/mol. The Bertz CT molecular complexity index is 962. The van der Waals surface area contributed by atoms with E-state index in [1.807, 2.05) is 0 Å². The van der Waals surface area contributed by atoms with Crippen molar-refractivity contribution in [1.29, 1.82) is 0 Å². The highest BCUT2D eigenvalue weighted by molar-refractivity contribution is 7.89. The fourth-order valence-corrected chi connectivity index (χ4v) is 3.82. The van der Waals surface area contributed by atoms with Crippen LogP contribution in [0, 0.1) is 0 Å². The lowest BCUT2D eigenvalue weighted by atomic mass is 10.1. The summed E-state index contributed by atoms with van der Waals surface area (Å²) in [7, 11) is -2.66. The lowest BCUT2D eigenvalue weighted by molar-refractivity contribution is 0.0601. The number of carbonyl (C=O) groups excluding carboxylic acids is 1. The number of nitrogens with zero attached hydrogens (tertiary/aromatic N) is 4. The van der Waals surface area contributed by atoms with Gasteiger partial charge in [0.1, 0.15) is 0 Å². The van der Waals surface area contributed by atoms with Gasteiger partial charge < -0.3 is 15.0 Å². The fraction of sp³-hybridized carbons (Fsp3) is 0.421. The van der Waals surface area contributed by atoms with Crippen LogP contribution in [0.4, 0.5) is 11.6 Å². The maximum absolute atomic E-state index is 12.0. The zero-order chi connectivity index (χ0) is 21.6. The topological polar surface area (TPSA) is 131 Å². The fourth-order valence-electron chi connectivity index (χ4n) is 3.29.